The van der Waals surface area contributed by atoms with E-state index in [0.29, 0.717) is 5.92 Å². The second kappa shape index (κ2) is 6.39. The zero-order chi connectivity index (χ0) is 13.8. The number of carbonyl (C=O) groups excluding carboxylic acids is 1. The Hall–Kier alpha value is -1.07. The summed E-state index contributed by atoms with van der Waals surface area (Å²) in [5, 5.41) is 2.91. The van der Waals surface area contributed by atoms with Crippen molar-refractivity contribution < 1.29 is 9.53 Å². The van der Waals surface area contributed by atoms with Gasteiger partial charge in [0.05, 0.1) is 6.61 Å². The first kappa shape index (κ1) is 14.3. The van der Waals surface area contributed by atoms with Gasteiger partial charge in [0.2, 0.25) is 0 Å². The molecular weight excluding hydrogens is 308 g/mol. The predicted octanol–water partition coefficient (Wildman–Crippen LogP) is 3.26. The number of rotatable bonds is 3. The Morgan fingerprint density at radius 1 is 1.58 bits per heavy atom. The molecule has 0 spiro atoms. The van der Waals surface area contributed by atoms with Crippen LogP contribution in [0.5, 0.6) is 0 Å². The highest BCUT2D eigenvalue weighted by molar-refractivity contribution is 9.10. The van der Waals surface area contributed by atoms with Gasteiger partial charge in [-0.1, -0.05) is 15.9 Å². The maximum absolute atomic E-state index is 12.1. The molecule has 19 heavy (non-hydrogen) atoms. The van der Waals surface area contributed by atoms with Crippen molar-refractivity contribution in [2.45, 2.75) is 13.3 Å². The van der Waals surface area contributed by atoms with Crippen molar-refractivity contribution in [2.24, 2.45) is 5.92 Å². The quantitative estimate of drug-likeness (QED) is 0.926. The number of carbonyl (C=O) groups is 1. The van der Waals surface area contributed by atoms with Gasteiger partial charge in [-0.25, -0.2) is 4.79 Å². The molecule has 1 fully saturated rings. The van der Waals surface area contributed by atoms with Gasteiger partial charge in [-0.2, -0.15) is 0 Å². The zero-order valence-corrected chi connectivity index (χ0v) is 12.9. The fourth-order valence-electron chi connectivity index (χ4n) is 2.14. The predicted molar refractivity (Wildman–Crippen MR) is 79.5 cm³/mol. The van der Waals surface area contributed by atoms with Crippen molar-refractivity contribution in [3.05, 3.63) is 28.2 Å². The van der Waals surface area contributed by atoms with Crippen molar-refractivity contribution in [3.63, 3.8) is 0 Å². The van der Waals surface area contributed by atoms with Crippen LogP contribution in [0.15, 0.2) is 22.7 Å². The van der Waals surface area contributed by atoms with Crippen LogP contribution in [0.4, 0.5) is 10.5 Å². The molecule has 2 amide bonds. The molecule has 0 aliphatic carbocycles. The van der Waals surface area contributed by atoms with Crippen molar-refractivity contribution in [2.75, 3.05) is 32.1 Å². The van der Waals surface area contributed by atoms with Crippen LogP contribution in [0, 0.1) is 12.8 Å². The number of aryl methyl sites for hydroxylation is 1. The van der Waals surface area contributed by atoms with E-state index in [9.17, 15) is 4.79 Å². The zero-order valence-electron chi connectivity index (χ0n) is 11.3. The maximum Gasteiger partial charge on any atom is 0.321 e. The van der Waals surface area contributed by atoms with E-state index in [-0.39, 0.29) is 6.03 Å². The minimum absolute atomic E-state index is 0.0753. The number of hydrogen-bond acceptors (Lipinski definition) is 2. The lowest BCUT2D eigenvalue weighted by Gasteiger charge is -2.21. The highest BCUT2D eigenvalue weighted by Gasteiger charge is 2.20. The Balaban J connectivity index is 1.90. The summed E-state index contributed by atoms with van der Waals surface area (Å²) in [4.78, 5) is 13.8. The SMILES string of the molecule is Cc1cc(NC(=O)N(C)CC2CCOC2)ccc1Br. The van der Waals surface area contributed by atoms with E-state index in [0.717, 1.165) is 41.9 Å². The van der Waals surface area contributed by atoms with Gasteiger partial charge in [-0.3, -0.25) is 0 Å². The molecule has 104 valence electrons. The standard InChI is InChI=1S/C14H19BrN2O2/c1-10-7-12(3-4-13(10)15)16-14(18)17(2)8-11-5-6-19-9-11/h3-4,7,11H,5-6,8-9H2,1-2H3,(H,16,18). The van der Waals surface area contributed by atoms with Crippen molar-refractivity contribution in [1.82, 2.24) is 4.90 Å². The average molecular weight is 327 g/mol. The smallest absolute Gasteiger partial charge is 0.321 e. The Morgan fingerprint density at radius 2 is 2.37 bits per heavy atom. The number of ether oxygens (including phenoxy) is 1. The molecule has 0 radical (unpaired) electrons. The van der Waals surface area contributed by atoms with Crippen LogP contribution in [0.2, 0.25) is 0 Å². The molecule has 1 aliphatic rings. The number of nitrogens with one attached hydrogen (secondary N) is 1. The Bertz CT molecular complexity index is 459. The Labute approximate surface area is 122 Å². The Morgan fingerprint density at radius 3 is 3.00 bits per heavy atom. The van der Waals surface area contributed by atoms with Gasteiger partial charge in [-0.15, -0.1) is 0 Å². The molecule has 4 nitrogen and oxygen atoms in total. The number of amides is 2. The molecule has 1 heterocycles. The monoisotopic (exact) mass is 326 g/mol. The van der Waals surface area contributed by atoms with Crippen molar-refractivity contribution in [3.8, 4) is 0 Å². The lowest BCUT2D eigenvalue weighted by atomic mass is 10.1. The van der Waals surface area contributed by atoms with Crippen LogP contribution >= 0.6 is 15.9 Å². The third-order valence-corrected chi connectivity index (χ3v) is 4.20. The Kier molecular flexibility index (Phi) is 4.82. The highest BCUT2D eigenvalue weighted by atomic mass is 79.9. The summed E-state index contributed by atoms with van der Waals surface area (Å²) >= 11 is 3.45. The fourth-order valence-corrected chi connectivity index (χ4v) is 2.39. The first-order valence-corrected chi connectivity index (χ1v) is 7.21. The van der Waals surface area contributed by atoms with Crippen molar-refractivity contribution in [1.29, 1.82) is 0 Å². The minimum Gasteiger partial charge on any atom is -0.381 e. The summed E-state index contributed by atoms with van der Waals surface area (Å²) in [7, 11) is 1.82. The first-order valence-electron chi connectivity index (χ1n) is 6.42. The molecule has 1 atom stereocenters. The molecule has 2 rings (SSSR count). The normalized spacial score (nSPS) is 18.4. The molecule has 1 N–H and O–H groups in total. The fraction of sp³-hybridized carbons (Fsp3) is 0.500. The highest BCUT2D eigenvalue weighted by Crippen LogP contribution is 2.20. The van der Waals surface area contributed by atoms with Crippen LogP contribution in [0.25, 0.3) is 0 Å². The summed E-state index contributed by atoms with van der Waals surface area (Å²) in [5.74, 6) is 0.461. The second-order valence-corrected chi connectivity index (χ2v) is 5.86. The molecule has 1 aromatic rings. The first-order chi connectivity index (χ1) is 9.06. The molecule has 1 unspecified atom stereocenters. The summed E-state index contributed by atoms with van der Waals surface area (Å²) in [6.45, 7) is 4.31. The van der Waals surface area contributed by atoms with Gasteiger partial charge < -0.3 is 15.0 Å². The van der Waals surface area contributed by atoms with Crippen LogP contribution < -0.4 is 5.32 Å². The van der Waals surface area contributed by atoms with Gasteiger partial charge in [0, 0.05) is 36.3 Å². The summed E-state index contributed by atoms with van der Waals surface area (Å²) in [6, 6.07) is 5.71. The molecular formula is C14H19BrN2O2. The van der Waals surface area contributed by atoms with Crippen LogP contribution in [-0.4, -0.2) is 37.7 Å². The number of urea groups is 1. The van der Waals surface area contributed by atoms with E-state index in [1.165, 1.54) is 0 Å². The second-order valence-electron chi connectivity index (χ2n) is 5.00. The van der Waals surface area contributed by atoms with Crippen LogP contribution in [0.3, 0.4) is 0 Å². The van der Waals surface area contributed by atoms with E-state index in [2.05, 4.69) is 21.2 Å². The number of hydrogen-bond donors (Lipinski definition) is 1. The maximum atomic E-state index is 12.1. The topological polar surface area (TPSA) is 41.6 Å². The lowest BCUT2D eigenvalue weighted by Crippen LogP contribution is -2.35. The molecule has 0 bridgehead atoms. The summed E-state index contributed by atoms with van der Waals surface area (Å²) < 4.78 is 6.36. The lowest BCUT2D eigenvalue weighted by molar-refractivity contribution is 0.175. The van der Waals surface area contributed by atoms with E-state index < -0.39 is 0 Å². The largest absolute Gasteiger partial charge is 0.381 e. The number of nitrogens with zero attached hydrogens (tertiary/aromatic N) is 1. The number of halogens is 1. The van der Waals surface area contributed by atoms with Gasteiger partial charge in [0.1, 0.15) is 0 Å². The third kappa shape index (κ3) is 3.94. The molecule has 0 aromatic heterocycles. The van der Waals surface area contributed by atoms with Crippen LogP contribution in [-0.2, 0) is 4.74 Å². The van der Waals surface area contributed by atoms with E-state index in [1.807, 2.05) is 32.2 Å². The average Bonchev–Trinajstić information content (AvgIpc) is 2.86. The molecule has 1 saturated heterocycles. The summed E-state index contributed by atoms with van der Waals surface area (Å²) in [6.07, 6.45) is 1.04. The van der Waals surface area contributed by atoms with E-state index >= 15 is 0 Å². The third-order valence-electron chi connectivity index (χ3n) is 3.31. The van der Waals surface area contributed by atoms with Gasteiger partial charge in [-0.05, 0) is 37.1 Å². The van der Waals surface area contributed by atoms with E-state index in [4.69, 9.17) is 4.74 Å². The molecule has 5 heteroatoms. The number of anilines is 1. The summed E-state index contributed by atoms with van der Waals surface area (Å²) in [5.41, 5.74) is 1.92. The minimum atomic E-state index is -0.0753. The number of benzene rings is 1. The van der Waals surface area contributed by atoms with Crippen molar-refractivity contribution >= 4 is 27.6 Å². The molecule has 0 saturated carbocycles. The molecule has 1 aliphatic heterocycles. The van der Waals surface area contributed by atoms with Gasteiger partial charge in [0.15, 0.2) is 0 Å². The van der Waals surface area contributed by atoms with Gasteiger partial charge in [0.25, 0.3) is 0 Å². The van der Waals surface area contributed by atoms with E-state index in [1.54, 1.807) is 4.90 Å². The molecule has 1 aromatic carbocycles. The van der Waals surface area contributed by atoms with Gasteiger partial charge >= 0.3 is 6.03 Å². The van der Waals surface area contributed by atoms with Crippen LogP contribution in [0.1, 0.15) is 12.0 Å².